The number of carboxylic acid groups (broad SMARTS) is 1. The predicted molar refractivity (Wildman–Crippen MR) is 144 cm³/mol. The van der Waals surface area contributed by atoms with Crippen LogP contribution in [0.25, 0.3) is 0 Å². The van der Waals surface area contributed by atoms with Gasteiger partial charge in [0.2, 0.25) is 0 Å². The van der Waals surface area contributed by atoms with Crippen molar-refractivity contribution >= 4 is 5.97 Å². The van der Waals surface area contributed by atoms with Crippen molar-refractivity contribution in [3.8, 4) is 0 Å². The molecule has 0 saturated heterocycles. The molecule has 35 heavy (non-hydrogen) atoms. The quantitative estimate of drug-likeness (QED) is 0.380. The zero-order valence-corrected chi connectivity index (χ0v) is 23.6. The fourth-order valence-electron chi connectivity index (χ4n) is 9.09. The lowest BCUT2D eigenvalue weighted by atomic mass is 9.43. The van der Waals surface area contributed by atoms with E-state index in [0.29, 0.717) is 36.5 Å². The number of hydrogen-bond acceptors (Lipinski definition) is 2. The van der Waals surface area contributed by atoms with Crippen LogP contribution in [0.1, 0.15) is 100 Å². The lowest BCUT2D eigenvalue weighted by molar-refractivity contribution is -0.148. The lowest BCUT2D eigenvalue weighted by Gasteiger charge is -2.61. The molecule has 0 aromatic rings. The topological polar surface area (TPSA) is 57.5 Å². The van der Waals surface area contributed by atoms with E-state index >= 15 is 0 Å². The highest BCUT2D eigenvalue weighted by Gasteiger charge is 2.66. The second kappa shape index (κ2) is 8.61. The number of fused-ring (bicyclic) bond motifs is 5. The van der Waals surface area contributed by atoms with E-state index in [9.17, 15) is 15.0 Å². The summed E-state index contributed by atoms with van der Waals surface area (Å²) in [6, 6.07) is 0. The van der Waals surface area contributed by atoms with Crippen LogP contribution in [-0.2, 0) is 4.79 Å². The third kappa shape index (κ3) is 3.73. The van der Waals surface area contributed by atoms with Crippen LogP contribution in [0.4, 0.5) is 0 Å². The Morgan fingerprint density at radius 3 is 2.40 bits per heavy atom. The molecule has 0 heterocycles. The molecule has 2 N–H and O–H groups in total. The van der Waals surface area contributed by atoms with Gasteiger partial charge in [-0.2, -0.15) is 0 Å². The molecular formula is C32H50O3. The summed E-state index contributed by atoms with van der Waals surface area (Å²) >= 11 is 0. The van der Waals surface area contributed by atoms with Crippen molar-refractivity contribution in [2.75, 3.05) is 0 Å². The molecule has 0 radical (unpaired) electrons. The van der Waals surface area contributed by atoms with Crippen molar-refractivity contribution < 1.29 is 15.0 Å². The number of carbonyl (C=O) groups is 1. The van der Waals surface area contributed by atoms with Crippen molar-refractivity contribution in [3.63, 3.8) is 0 Å². The van der Waals surface area contributed by atoms with Gasteiger partial charge in [0.1, 0.15) is 0 Å². The van der Waals surface area contributed by atoms with Crippen molar-refractivity contribution in [3.05, 3.63) is 35.5 Å². The summed E-state index contributed by atoms with van der Waals surface area (Å²) in [6.45, 7) is 22.9. The van der Waals surface area contributed by atoms with Crippen LogP contribution >= 0.6 is 0 Å². The second-order valence-corrected chi connectivity index (χ2v) is 14.2. The largest absolute Gasteiger partial charge is 0.481 e. The number of allylic oxidation sites excluding steroid dienone is 5. The monoisotopic (exact) mass is 482 g/mol. The van der Waals surface area contributed by atoms with Crippen LogP contribution in [0, 0.1) is 51.2 Å². The lowest BCUT2D eigenvalue weighted by Crippen LogP contribution is -2.53. The molecular weight excluding hydrogens is 432 g/mol. The molecule has 3 nitrogen and oxygen atoms in total. The molecule has 8 atom stereocenters. The van der Waals surface area contributed by atoms with Crippen LogP contribution in [0.5, 0.6) is 0 Å². The van der Waals surface area contributed by atoms with E-state index in [1.54, 1.807) is 0 Å². The molecule has 4 rings (SSSR count). The Labute approximate surface area is 214 Å². The minimum atomic E-state index is -0.765. The molecule has 4 aliphatic rings. The molecule has 196 valence electrons. The molecule has 0 aliphatic heterocycles. The first kappa shape index (κ1) is 26.7. The van der Waals surface area contributed by atoms with Gasteiger partial charge in [0.25, 0.3) is 0 Å². The fraction of sp³-hybridized carbons (Fsp3) is 0.781. The molecule has 4 aliphatic carbocycles. The number of aliphatic hydroxyl groups excluding tert-OH is 1. The SMILES string of the molecule is C=C(CC[C@@H](C(=O)O)[C@H]1[C@H](O)C[C@@]2(C)C3=CC[C@H]4C(C)(C)[C@@H](C)CC[C@]4(C)C3=CC[C@]12C)C(C)C. The number of aliphatic hydroxyl groups is 1. The smallest absolute Gasteiger partial charge is 0.306 e. The minimum absolute atomic E-state index is 0.161. The van der Waals surface area contributed by atoms with Crippen molar-refractivity contribution in [1.82, 2.24) is 0 Å². The first-order valence-corrected chi connectivity index (χ1v) is 14.1. The Balaban J connectivity index is 1.72. The third-order valence-electron chi connectivity index (χ3n) is 12.2. The van der Waals surface area contributed by atoms with E-state index in [-0.39, 0.29) is 22.2 Å². The molecule has 0 spiro atoms. The van der Waals surface area contributed by atoms with Gasteiger partial charge in [-0.25, -0.2) is 0 Å². The first-order valence-electron chi connectivity index (χ1n) is 14.1. The van der Waals surface area contributed by atoms with E-state index in [1.807, 2.05) is 0 Å². The van der Waals surface area contributed by atoms with E-state index in [2.05, 4.69) is 74.1 Å². The molecule has 0 unspecified atom stereocenters. The van der Waals surface area contributed by atoms with Gasteiger partial charge in [-0.05, 0) is 90.1 Å². The summed E-state index contributed by atoms with van der Waals surface area (Å²) in [4.78, 5) is 12.6. The number of rotatable bonds is 6. The van der Waals surface area contributed by atoms with Gasteiger partial charge in [-0.15, -0.1) is 0 Å². The van der Waals surface area contributed by atoms with Gasteiger partial charge in [-0.3, -0.25) is 4.79 Å². The summed E-state index contributed by atoms with van der Waals surface area (Å²) in [7, 11) is 0. The van der Waals surface area contributed by atoms with E-state index < -0.39 is 18.0 Å². The predicted octanol–water partition coefficient (Wildman–Crippen LogP) is 7.81. The summed E-state index contributed by atoms with van der Waals surface area (Å²) < 4.78 is 0. The van der Waals surface area contributed by atoms with Crippen LogP contribution in [-0.4, -0.2) is 22.3 Å². The second-order valence-electron chi connectivity index (χ2n) is 14.2. The third-order valence-corrected chi connectivity index (χ3v) is 12.2. The van der Waals surface area contributed by atoms with Gasteiger partial charge in [0.05, 0.1) is 12.0 Å². The van der Waals surface area contributed by atoms with Crippen LogP contribution in [0.2, 0.25) is 0 Å². The minimum Gasteiger partial charge on any atom is -0.481 e. The summed E-state index contributed by atoms with van der Waals surface area (Å²) in [5, 5.41) is 21.8. The Morgan fingerprint density at radius 1 is 1.14 bits per heavy atom. The molecule has 3 heteroatoms. The van der Waals surface area contributed by atoms with Crippen molar-refractivity contribution in [2.24, 2.45) is 51.2 Å². The Hall–Kier alpha value is -1.35. The molecule has 2 saturated carbocycles. The first-order chi connectivity index (χ1) is 16.1. The molecule has 0 amide bonds. The van der Waals surface area contributed by atoms with Crippen molar-refractivity contribution in [2.45, 2.75) is 106 Å². The van der Waals surface area contributed by atoms with Crippen molar-refractivity contribution in [1.29, 1.82) is 0 Å². The summed E-state index contributed by atoms with van der Waals surface area (Å²) in [5.41, 5.74) is 4.02. The summed E-state index contributed by atoms with van der Waals surface area (Å²) in [5.74, 6) is 0.120. The maximum atomic E-state index is 12.6. The van der Waals surface area contributed by atoms with Gasteiger partial charge in [-0.1, -0.05) is 79.7 Å². The van der Waals surface area contributed by atoms with E-state index in [0.717, 1.165) is 24.3 Å². The maximum absolute atomic E-state index is 12.6. The number of carboxylic acids is 1. The molecule has 0 aromatic heterocycles. The molecule has 0 aromatic carbocycles. The normalized spacial score (nSPS) is 42.9. The average molecular weight is 483 g/mol. The fourth-order valence-corrected chi connectivity index (χ4v) is 9.09. The maximum Gasteiger partial charge on any atom is 0.306 e. The van der Waals surface area contributed by atoms with Gasteiger partial charge in [0.15, 0.2) is 0 Å². The van der Waals surface area contributed by atoms with Gasteiger partial charge >= 0.3 is 5.97 Å². The summed E-state index contributed by atoms with van der Waals surface area (Å²) in [6.07, 6.45) is 10.7. The Kier molecular flexibility index (Phi) is 6.57. The van der Waals surface area contributed by atoms with Gasteiger partial charge in [0, 0.05) is 11.3 Å². The zero-order valence-electron chi connectivity index (χ0n) is 23.6. The van der Waals surface area contributed by atoms with E-state index in [1.165, 1.54) is 24.0 Å². The molecule has 0 bridgehead atoms. The van der Waals surface area contributed by atoms with E-state index in [4.69, 9.17) is 0 Å². The van der Waals surface area contributed by atoms with Crippen LogP contribution in [0.15, 0.2) is 35.5 Å². The molecule has 2 fully saturated rings. The average Bonchev–Trinajstić information content (AvgIpc) is 2.97. The number of aliphatic carboxylic acids is 1. The zero-order chi connectivity index (χ0) is 26.1. The standard InChI is InChI=1S/C32H50O3/c1-19(2)20(3)10-11-22(28(34)35)27-25(33)18-32(9)24-12-13-26-29(5,6)21(4)14-16-30(26,7)23(24)15-17-31(27,32)8/h12,15,19,21-22,25-27,33H,3,10-11,13-14,16-18H2,1-2,4-9H3,(H,34,35)/t21-,22+,25+,26-,27-,30+,31+,32-/m0/s1. The Bertz CT molecular complexity index is 954. The highest BCUT2D eigenvalue weighted by Crippen LogP contribution is 2.72. The Morgan fingerprint density at radius 2 is 1.80 bits per heavy atom. The highest BCUT2D eigenvalue weighted by molar-refractivity contribution is 5.71. The van der Waals surface area contributed by atoms with Gasteiger partial charge < -0.3 is 10.2 Å². The number of hydrogen-bond donors (Lipinski definition) is 2. The highest BCUT2D eigenvalue weighted by atomic mass is 16.4. The van der Waals surface area contributed by atoms with Crippen LogP contribution in [0.3, 0.4) is 0 Å². The van der Waals surface area contributed by atoms with Crippen LogP contribution < -0.4 is 0 Å².